The Morgan fingerprint density at radius 3 is 1.20 bits per heavy atom. The molecule has 0 aliphatic carbocycles. The molecule has 0 saturated heterocycles. The molecule has 5 heavy (non-hydrogen) atoms. The minimum absolute atomic E-state index is 0. The van der Waals surface area contributed by atoms with Gasteiger partial charge in [-0.3, -0.25) is 0 Å². The van der Waals surface area contributed by atoms with Gasteiger partial charge in [-0.05, 0) is 0 Å². The van der Waals surface area contributed by atoms with Crippen LogP contribution in [0, 0.1) is 0 Å². The molecule has 0 aliphatic rings. The zero-order valence-corrected chi connectivity index (χ0v) is 3.41. The second-order valence-corrected chi connectivity index (χ2v) is 1.000. The first-order valence-corrected chi connectivity index (χ1v) is 1.91. The Balaban J connectivity index is 0. The summed E-state index contributed by atoms with van der Waals surface area (Å²) in [4.78, 5) is 0. The van der Waals surface area contributed by atoms with Crippen LogP contribution in [0.2, 0.25) is 0 Å². The molecule has 0 spiro atoms. The number of hydrogen-bond donors (Lipinski definition) is 0. The van der Waals surface area contributed by atoms with Crippen LogP contribution in [0.15, 0.2) is 0 Å². The van der Waals surface area contributed by atoms with E-state index in [0.29, 0.717) is 0 Å². The summed E-state index contributed by atoms with van der Waals surface area (Å²) in [6.45, 7) is 4.36. The van der Waals surface area contributed by atoms with E-state index in [9.17, 15) is 0 Å². The normalized spacial score (nSPS) is 6.00. The molecule has 0 radical (unpaired) electrons. The van der Waals surface area contributed by atoms with Crippen LogP contribution >= 0.6 is 0 Å². The van der Waals surface area contributed by atoms with Crippen molar-refractivity contribution in [2.75, 3.05) is 0 Å². The number of unbranched alkanes of at least 4 members (excludes halogenated alkanes) is 1. The predicted molar refractivity (Wildman–Crippen MR) is 27.7 cm³/mol. The Morgan fingerprint density at radius 2 is 1.20 bits per heavy atom. The van der Waals surface area contributed by atoms with Gasteiger partial charge < -0.3 is 0 Å². The summed E-state index contributed by atoms with van der Waals surface area (Å²) in [5, 5.41) is 0. The van der Waals surface area contributed by atoms with E-state index in [4.69, 9.17) is 0 Å². The summed E-state index contributed by atoms with van der Waals surface area (Å²) < 4.78 is 0. The molecule has 0 bridgehead atoms. The average Bonchev–Trinajstić information content (AvgIpc) is 1.37. The van der Waals surface area contributed by atoms with E-state index in [2.05, 4.69) is 13.8 Å². The van der Waals surface area contributed by atoms with Gasteiger partial charge in [-0.2, -0.15) is 0 Å². The first-order valence-electron chi connectivity index (χ1n) is 1.91. The molecular weight excluding hydrogens is 87.1 g/mol. The van der Waals surface area contributed by atoms with Gasteiger partial charge in [0.1, 0.15) is 0 Å². The molecule has 0 aromatic carbocycles. The minimum atomic E-state index is 0. The van der Waals surface area contributed by atoms with Gasteiger partial charge in [0.2, 0.25) is 0 Å². The summed E-state index contributed by atoms with van der Waals surface area (Å²) in [5.74, 6) is 0. The Kier molecular flexibility index (Phi) is 18.0. The maximum atomic E-state index is 2.18. The molecule has 0 nitrogen and oxygen atoms in total. The molecule has 0 aromatic rings. The van der Waals surface area contributed by atoms with Crippen LogP contribution in [-0.2, 0) is 0 Å². The molecule has 0 rings (SSSR count). The monoisotopic (exact) mass is 98.0 g/mol. The van der Waals surface area contributed by atoms with Gasteiger partial charge >= 0.3 is 51.4 Å². The first-order chi connectivity index (χ1) is 1.91. The van der Waals surface area contributed by atoms with Gasteiger partial charge in [0.25, 0.3) is 0 Å². The molecule has 0 heterocycles. The van der Waals surface area contributed by atoms with E-state index in [0.717, 1.165) is 0 Å². The number of rotatable bonds is 1. The first kappa shape index (κ1) is 9.81. The van der Waals surface area contributed by atoms with E-state index in [1.54, 1.807) is 0 Å². The summed E-state index contributed by atoms with van der Waals surface area (Å²) in [6, 6.07) is 0. The second-order valence-electron chi connectivity index (χ2n) is 1.000. The molecule has 0 amide bonds. The van der Waals surface area contributed by atoms with Crippen LogP contribution in [0.1, 0.15) is 26.7 Å². The van der Waals surface area contributed by atoms with Crippen LogP contribution in [0.4, 0.5) is 0 Å². The van der Waals surface area contributed by atoms with Crippen molar-refractivity contribution in [2.45, 2.75) is 26.7 Å². The van der Waals surface area contributed by atoms with Gasteiger partial charge in [0.05, 0.1) is 0 Å². The zero-order chi connectivity index (χ0) is 3.41. The molecule has 28 valence electrons. The topological polar surface area (TPSA) is 0 Å². The van der Waals surface area contributed by atoms with E-state index < -0.39 is 0 Å². The Bertz CT molecular complexity index is 5.61. The van der Waals surface area contributed by atoms with Crippen molar-refractivity contribution >= 4 is 51.4 Å². The predicted octanol–water partition coefficient (Wildman–Crippen LogP) is 1.16. The molecule has 0 fully saturated rings. The Labute approximate surface area is 76.8 Å². The third kappa shape index (κ3) is 10.7. The van der Waals surface area contributed by atoms with E-state index in [1.807, 2.05) is 0 Å². The van der Waals surface area contributed by atoms with Crippen molar-refractivity contribution in [1.29, 1.82) is 0 Å². The van der Waals surface area contributed by atoms with Crippen LogP contribution < -0.4 is 0 Å². The molecule has 1 heteroatoms. The SMILES string of the molecule is CCCC.[KH]. The third-order valence-electron chi connectivity index (χ3n) is 0.500. The molecule has 0 unspecified atom stereocenters. The summed E-state index contributed by atoms with van der Waals surface area (Å²) in [5.41, 5.74) is 0. The van der Waals surface area contributed by atoms with Gasteiger partial charge in [-0.15, -0.1) is 0 Å². The van der Waals surface area contributed by atoms with Crippen molar-refractivity contribution < 1.29 is 0 Å². The Morgan fingerprint density at radius 1 is 1.00 bits per heavy atom. The van der Waals surface area contributed by atoms with Crippen molar-refractivity contribution in [2.24, 2.45) is 0 Å². The van der Waals surface area contributed by atoms with Gasteiger partial charge in [-0.1, -0.05) is 26.7 Å². The van der Waals surface area contributed by atoms with E-state index in [1.165, 1.54) is 12.8 Å². The molecule has 0 atom stereocenters. The maximum absolute atomic E-state index is 2.18. The molecule has 0 N–H and O–H groups in total. The quantitative estimate of drug-likeness (QED) is 0.432. The van der Waals surface area contributed by atoms with Crippen LogP contribution in [0.5, 0.6) is 0 Å². The molecule has 0 aliphatic heterocycles. The summed E-state index contributed by atoms with van der Waals surface area (Å²) >= 11 is 0. The van der Waals surface area contributed by atoms with Crippen molar-refractivity contribution in [1.82, 2.24) is 0 Å². The standard InChI is InChI=1S/C4H10.K.H/c1-3-4-2;;/h3-4H2,1-2H3;;. The van der Waals surface area contributed by atoms with E-state index in [-0.39, 0.29) is 51.4 Å². The molecular formula is C4H11K. The van der Waals surface area contributed by atoms with Gasteiger partial charge in [-0.25, -0.2) is 0 Å². The van der Waals surface area contributed by atoms with Crippen molar-refractivity contribution in [3.05, 3.63) is 0 Å². The van der Waals surface area contributed by atoms with Gasteiger partial charge in [0, 0.05) is 0 Å². The third-order valence-corrected chi connectivity index (χ3v) is 0.500. The van der Waals surface area contributed by atoms with Crippen LogP contribution in [0.3, 0.4) is 0 Å². The van der Waals surface area contributed by atoms with E-state index >= 15 is 0 Å². The van der Waals surface area contributed by atoms with Gasteiger partial charge in [0.15, 0.2) is 0 Å². The summed E-state index contributed by atoms with van der Waals surface area (Å²) in [7, 11) is 0. The fraction of sp³-hybridized carbons (Fsp3) is 1.00. The van der Waals surface area contributed by atoms with Crippen LogP contribution in [0.25, 0.3) is 0 Å². The second kappa shape index (κ2) is 9.16. The Hall–Kier alpha value is 1.64. The molecule has 0 aromatic heterocycles. The number of hydrogen-bond acceptors (Lipinski definition) is 0. The summed E-state index contributed by atoms with van der Waals surface area (Å²) in [6.07, 6.45) is 2.64. The van der Waals surface area contributed by atoms with Crippen molar-refractivity contribution in [3.8, 4) is 0 Å². The molecule has 0 saturated carbocycles. The fourth-order valence-corrected chi connectivity index (χ4v) is 0. The zero-order valence-electron chi connectivity index (χ0n) is 3.41. The average molecular weight is 98.2 g/mol. The van der Waals surface area contributed by atoms with Crippen molar-refractivity contribution in [3.63, 3.8) is 0 Å². The van der Waals surface area contributed by atoms with Crippen LogP contribution in [-0.4, -0.2) is 51.4 Å². The fourth-order valence-electron chi connectivity index (χ4n) is 0.